The Balaban J connectivity index is 0.000000160. The van der Waals surface area contributed by atoms with Crippen LogP contribution in [0.3, 0.4) is 0 Å². The number of anilines is 4. The van der Waals surface area contributed by atoms with Crippen LogP contribution in [-0.2, 0) is 79.2 Å². The fourth-order valence-corrected chi connectivity index (χ4v) is 22.7. The Morgan fingerprint density at radius 2 is 0.804 bits per heavy atom. The number of hydrogen-bond donors (Lipinski definition) is 7. The molecule has 3 saturated carbocycles. The van der Waals surface area contributed by atoms with E-state index in [0.29, 0.717) is 54.2 Å². The number of ether oxygens (including phenoxy) is 2. The molecule has 36 heteroatoms. The fraction of sp³-hybridized carbons (Fsp3) is 0.422. The van der Waals surface area contributed by atoms with E-state index in [9.17, 15) is 34.8 Å². The molecule has 0 spiro atoms. The van der Waals surface area contributed by atoms with Gasteiger partial charge in [-0.3, -0.25) is 14.7 Å². The van der Waals surface area contributed by atoms with E-state index in [2.05, 4.69) is 137 Å². The van der Waals surface area contributed by atoms with Crippen molar-refractivity contribution in [3.8, 4) is 22.3 Å². The molecule has 0 bridgehead atoms. The number of nitrogens with zero attached hydrogens (tertiary/aromatic N) is 9. The molecular weight excluding hydrogens is 1930 g/mol. The SMILES string of the molecule is CCc1nc(CS(=O)(=O)c2ccccc2Cl)ccc1-c1cc2cnc(NC3CCC(NC(=O)OC(C)(C)C)CC3)nc2cc1C.CCc1nc(CS(=O)(=O)c2ccccc2Cl)ccc1Br.CCc1nc(NS(=O)(=O)c2ccccc2Cl)ccc1-c1cc2cnc(NC3CCC(N)CC3)nc2cc1C.Cc1cc2nc(NC3CCC(NC(=O)OC(C)(C)C)CC3)ncc2cc1B1OC(C)(C)C(C)(C)O1. The lowest BCUT2D eigenvalue weighted by molar-refractivity contribution is 0.00578. The van der Waals surface area contributed by atoms with Gasteiger partial charge in [-0.25, -0.2) is 69.7 Å². The van der Waals surface area contributed by atoms with Crippen molar-refractivity contribution in [3.05, 3.63) is 229 Å². The van der Waals surface area contributed by atoms with Crippen LogP contribution in [0.15, 0.2) is 183 Å². The third-order valence-corrected chi connectivity index (χ3v) is 31.8. The first-order chi connectivity index (χ1) is 65.2. The highest BCUT2D eigenvalue weighted by Gasteiger charge is 2.52. The highest BCUT2D eigenvalue weighted by atomic mass is 79.9. The zero-order valence-electron chi connectivity index (χ0n) is 80.9. The van der Waals surface area contributed by atoms with Gasteiger partial charge >= 0.3 is 19.3 Å². The Kier molecular flexibility index (Phi) is 34.0. The zero-order chi connectivity index (χ0) is 99.6. The van der Waals surface area contributed by atoms with Gasteiger partial charge in [0.2, 0.25) is 17.8 Å². The molecule has 16 rings (SSSR count). The number of nitrogens with one attached hydrogen (secondary N) is 6. The Morgan fingerprint density at radius 1 is 0.449 bits per heavy atom. The summed E-state index contributed by atoms with van der Waals surface area (Å²) in [6.07, 6.45) is 18.0. The number of halogens is 4. The number of benzene rings is 6. The summed E-state index contributed by atoms with van der Waals surface area (Å²) in [6.45, 7) is 31.6. The second-order valence-electron chi connectivity index (χ2n) is 38.5. The van der Waals surface area contributed by atoms with Crippen LogP contribution in [0.1, 0.15) is 212 Å². The summed E-state index contributed by atoms with van der Waals surface area (Å²) >= 11 is 21.6. The van der Waals surface area contributed by atoms with Crippen LogP contribution in [-0.4, -0.2) is 148 Å². The van der Waals surface area contributed by atoms with Crippen LogP contribution in [0, 0.1) is 20.8 Å². The number of carbonyl (C=O) groups is 2. The summed E-state index contributed by atoms with van der Waals surface area (Å²) in [6, 6.07) is 43.8. The predicted molar refractivity (Wildman–Crippen MR) is 554 cm³/mol. The Hall–Kier alpha value is -10.3. The number of fused-ring (bicyclic) bond motifs is 3. The minimum atomic E-state index is -3.87. The van der Waals surface area contributed by atoms with E-state index in [4.69, 9.17) is 79.3 Å². The van der Waals surface area contributed by atoms with Crippen LogP contribution < -0.4 is 42.5 Å². The molecular formula is C102H123BBrCl3N16O12S3. The quantitative estimate of drug-likeness (QED) is 0.0292. The first-order valence-electron chi connectivity index (χ1n) is 46.8. The molecule has 7 heterocycles. The molecule has 8 N–H and O–H groups in total. The van der Waals surface area contributed by atoms with Crippen LogP contribution in [0.25, 0.3) is 55.0 Å². The average molecular weight is 2060 g/mol. The number of amides is 2. The van der Waals surface area contributed by atoms with Gasteiger partial charge in [0.05, 0.1) is 86.9 Å². The fourth-order valence-electron chi connectivity index (χ4n) is 17.0. The molecule has 138 heavy (non-hydrogen) atoms. The van der Waals surface area contributed by atoms with E-state index >= 15 is 0 Å². The topological polar surface area (TPSA) is 388 Å². The summed E-state index contributed by atoms with van der Waals surface area (Å²) in [5, 5.41) is 19.8. The third kappa shape index (κ3) is 27.5. The molecule has 0 unspecified atom stereocenters. The largest absolute Gasteiger partial charge is 0.495 e. The van der Waals surface area contributed by atoms with Gasteiger partial charge in [0.15, 0.2) is 19.7 Å². The summed E-state index contributed by atoms with van der Waals surface area (Å²) in [7, 11) is -11.4. The monoisotopic (exact) mass is 2050 g/mol. The van der Waals surface area contributed by atoms with Gasteiger partial charge < -0.3 is 51.1 Å². The lowest BCUT2D eigenvalue weighted by atomic mass is 9.75. The number of aryl methyl sites for hydroxylation is 6. The van der Waals surface area contributed by atoms with Gasteiger partial charge in [0, 0.05) is 92.3 Å². The second-order valence-corrected chi connectivity index (χ2v) is 46.2. The standard InChI is InChI=1S/C34H40ClN5O4S.C28H31ClN6O2S.C26H39BN4O4.C14H13BrClNO2S/c1-6-29-26(16-15-25(37-29)20-45(42,43)31-10-8-7-9-28(31)35)27-18-22-19-36-32(40-30(22)17-21(27)2)38-23-11-13-24(14-12-23)39-33(41)44-34(3,4)5;1-3-24-21(12-13-27(33-24)35-38(36,37)26-7-5-4-6-23(26)29)22-15-18-16-31-28(34-25(18)14-17(22)2)32-20-10-8-19(30)9-11-20;1-16-13-21-17(14-20(16)27-34-25(5,6)26(7,8)35-27)15-28-22(31-21)29-18-9-11-19(12-10-18)30-23(32)33-24(2,3)4;1-2-13-11(15)8-7-10(17-13)9-20(18,19)14-6-4-3-5-12(14)16/h7-10,15-19,23-24H,6,11-14,20H2,1-5H3,(H,39,41)(H,36,38,40);4-7,12-16,19-20H,3,8-11,30H2,1-2H3,(H,33,35)(H,31,32,34);13-15,18-19H,9-12H2,1-8H3,(H,30,32)(H,28,29,31);3-8H,2,9H2,1H3. The highest BCUT2D eigenvalue weighted by molar-refractivity contribution is 9.10. The first-order valence-corrected chi connectivity index (χ1v) is 53.5. The summed E-state index contributed by atoms with van der Waals surface area (Å²) in [5.74, 6) is 1.70. The maximum Gasteiger partial charge on any atom is 0.495 e. The minimum absolute atomic E-state index is 0.0110. The third-order valence-electron chi connectivity index (χ3n) is 24.9. The number of hydrogen-bond acceptors (Lipinski definition) is 25. The maximum absolute atomic E-state index is 13.1. The summed E-state index contributed by atoms with van der Waals surface area (Å²) in [4.78, 5) is 66.2. The molecule has 1 saturated heterocycles. The number of carbonyl (C=O) groups excluding carboxylic acids is 2. The van der Waals surface area contributed by atoms with Crippen molar-refractivity contribution in [1.82, 2.24) is 55.5 Å². The number of pyridine rings is 3. The van der Waals surface area contributed by atoms with Gasteiger partial charge in [-0.05, 0) is 333 Å². The Labute approximate surface area is 833 Å². The molecule has 6 aromatic heterocycles. The average Bonchev–Trinajstić information content (AvgIpc) is 1.56. The van der Waals surface area contributed by atoms with Crippen molar-refractivity contribution >= 4 is 162 Å². The van der Waals surface area contributed by atoms with E-state index in [1.807, 2.05) is 119 Å². The van der Waals surface area contributed by atoms with Crippen LogP contribution in [0.4, 0.5) is 33.3 Å². The zero-order valence-corrected chi connectivity index (χ0v) is 87.2. The van der Waals surface area contributed by atoms with E-state index in [1.54, 1.807) is 72.8 Å². The molecule has 2 amide bonds. The normalized spacial score (nSPS) is 18.3. The van der Waals surface area contributed by atoms with Gasteiger partial charge in [-0.2, -0.15) is 0 Å². The Morgan fingerprint density at radius 3 is 1.21 bits per heavy atom. The number of sulfonamides is 1. The number of aromatic nitrogens is 9. The molecule has 6 aromatic carbocycles. The summed E-state index contributed by atoms with van der Waals surface area (Å²) in [5.41, 5.74) is 18.4. The molecule has 1 aliphatic heterocycles. The lowest BCUT2D eigenvalue weighted by Gasteiger charge is -2.32. The molecule has 4 fully saturated rings. The lowest BCUT2D eigenvalue weighted by Crippen LogP contribution is -2.42. The highest BCUT2D eigenvalue weighted by Crippen LogP contribution is 2.40. The van der Waals surface area contributed by atoms with Crippen molar-refractivity contribution in [2.45, 2.75) is 292 Å². The number of alkyl carbamates (subject to hydrolysis) is 2. The number of nitrogens with two attached hydrogens (primary N) is 1. The van der Waals surface area contributed by atoms with Crippen molar-refractivity contribution in [2.24, 2.45) is 5.73 Å². The van der Waals surface area contributed by atoms with Crippen LogP contribution in [0.5, 0.6) is 0 Å². The second kappa shape index (κ2) is 44.7. The van der Waals surface area contributed by atoms with Crippen LogP contribution in [0.2, 0.25) is 15.1 Å². The molecule has 4 aliphatic rings. The van der Waals surface area contributed by atoms with Crippen molar-refractivity contribution in [1.29, 1.82) is 0 Å². The van der Waals surface area contributed by atoms with E-state index in [0.717, 1.165) is 182 Å². The molecule has 3 aliphatic carbocycles. The molecule has 12 aromatic rings. The van der Waals surface area contributed by atoms with Crippen molar-refractivity contribution in [3.63, 3.8) is 0 Å². The molecule has 0 radical (unpaired) electrons. The molecule has 28 nitrogen and oxygen atoms in total. The molecule has 0 atom stereocenters. The number of sulfone groups is 2. The Bertz CT molecular complexity index is 6780. The van der Waals surface area contributed by atoms with E-state index < -0.39 is 48.0 Å². The van der Waals surface area contributed by atoms with Crippen LogP contribution >= 0.6 is 50.7 Å². The predicted octanol–water partition coefficient (Wildman–Crippen LogP) is 21.7. The summed E-state index contributed by atoms with van der Waals surface area (Å²) < 4.78 is 103. The minimum Gasteiger partial charge on any atom is -0.444 e. The number of rotatable bonds is 23. The van der Waals surface area contributed by atoms with Gasteiger partial charge in [0.1, 0.15) is 21.9 Å². The van der Waals surface area contributed by atoms with Crippen molar-refractivity contribution < 1.29 is 53.6 Å². The van der Waals surface area contributed by atoms with E-state index in [1.165, 1.54) is 18.2 Å². The van der Waals surface area contributed by atoms with E-state index in [-0.39, 0.29) is 94.6 Å². The van der Waals surface area contributed by atoms with Gasteiger partial charge in [0.25, 0.3) is 10.0 Å². The van der Waals surface area contributed by atoms with Gasteiger partial charge in [-0.15, -0.1) is 0 Å². The van der Waals surface area contributed by atoms with Gasteiger partial charge in [-0.1, -0.05) is 104 Å². The molecule has 732 valence electrons. The smallest absolute Gasteiger partial charge is 0.444 e. The maximum atomic E-state index is 13.1. The van der Waals surface area contributed by atoms with Crippen molar-refractivity contribution in [2.75, 3.05) is 20.7 Å². The first kappa shape index (κ1) is 105.